The molecule has 0 saturated carbocycles. The van der Waals surface area contributed by atoms with Crippen LogP contribution in [0.5, 0.6) is 0 Å². The Morgan fingerprint density at radius 2 is 1.59 bits per heavy atom. The van der Waals surface area contributed by atoms with Crippen molar-refractivity contribution in [1.29, 1.82) is 5.41 Å². The zero-order chi connectivity index (χ0) is 20.9. The van der Waals surface area contributed by atoms with Crippen molar-refractivity contribution in [2.24, 2.45) is 5.73 Å². The van der Waals surface area contributed by atoms with Gasteiger partial charge in [0.2, 0.25) is 0 Å². The number of rotatable bonds is 15. The zero-order valence-electron chi connectivity index (χ0n) is 18.4. The van der Waals surface area contributed by atoms with Crippen molar-refractivity contribution < 1.29 is 4.79 Å². The van der Waals surface area contributed by atoms with Gasteiger partial charge in [-0.15, -0.1) is 0 Å². The van der Waals surface area contributed by atoms with Gasteiger partial charge in [-0.3, -0.25) is 15.1 Å². The molecule has 0 spiro atoms. The summed E-state index contributed by atoms with van der Waals surface area (Å²) >= 11 is 0. The van der Waals surface area contributed by atoms with E-state index in [1.807, 2.05) is 17.0 Å². The molecule has 0 amide bonds. The minimum atomic E-state index is -0.0606. The minimum absolute atomic E-state index is 0.0606. The highest BCUT2D eigenvalue weighted by atomic mass is 16.1. The Balaban J connectivity index is 1.61. The molecule has 1 heterocycles. The van der Waals surface area contributed by atoms with Crippen LogP contribution < -0.4 is 5.73 Å². The molecular weight excluding hydrogens is 358 g/mol. The number of Topliss-reactive ketones (excluding diaryl/α,β-unsaturated/α-hetero) is 1. The van der Waals surface area contributed by atoms with Crippen molar-refractivity contribution in [3.63, 3.8) is 0 Å². The molecule has 0 aliphatic carbocycles. The van der Waals surface area contributed by atoms with Crippen LogP contribution >= 0.6 is 0 Å². The molecule has 0 aromatic heterocycles. The fourth-order valence-electron chi connectivity index (χ4n) is 4.32. The molecule has 1 saturated heterocycles. The third-order valence-electron chi connectivity index (χ3n) is 6.16. The van der Waals surface area contributed by atoms with E-state index in [9.17, 15) is 4.79 Å². The van der Waals surface area contributed by atoms with Crippen LogP contribution in [0.3, 0.4) is 0 Å². The van der Waals surface area contributed by atoms with Crippen LogP contribution in [0.4, 0.5) is 0 Å². The van der Waals surface area contributed by atoms with Crippen LogP contribution in [0.25, 0.3) is 0 Å². The molecule has 1 atom stereocenters. The lowest BCUT2D eigenvalue weighted by Crippen LogP contribution is -2.42. The van der Waals surface area contributed by atoms with E-state index in [2.05, 4.69) is 19.1 Å². The van der Waals surface area contributed by atoms with Crippen molar-refractivity contribution in [2.45, 2.75) is 96.4 Å². The molecule has 1 aliphatic rings. The topological polar surface area (TPSA) is 70.2 Å². The normalized spacial score (nSPS) is 16.9. The van der Waals surface area contributed by atoms with E-state index in [0.29, 0.717) is 6.54 Å². The summed E-state index contributed by atoms with van der Waals surface area (Å²) < 4.78 is 0. The first-order valence-electron chi connectivity index (χ1n) is 11.8. The Morgan fingerprint density at radius 3 is 2.17 bits per heavy atom. The zero-order valence-corrected chi connectivity index (χ0v) is 18.4. The number of carbonyl (C=O) groups is 1. The molecule has 4 heteroatoms. The quantitative estimate of drug-likeness (QED) is 0.171. The number of likely N-dealkylation sites (tertiary alicyclic amines) is 1. The van der Waals surface area contributed by atoms with Gasteiger partial charge in [-0.05, 0) is 37.8 Å². The lowest BCUT2D eigenvalue weighted by atomic mass is 10.0. The number of nitrogens with zero attached hydrogens (tertiary/aromatic N) is 1. The highest BCUT2D eigenvalue weighted by Crippen LogP contribution is 2.18. The van der Waals surface area contributed by atoms with Gasteiger partial charge in [0.1, 0.15) is 5.84 Å². The number of ketones is 1. The summed E-state index contributed by atoms with van der Waals surface area (Å²) in [4.78, 5) is 14.6. The van der Waals surface area contributed by atoms with E-state index in [4.69, 9.17) is 11.1 Å². The standard InChI is InChI=1S/C25H41N3O/c1-2-3-4-5-6-7-8-9-10-11-13-21-15-17-22(18-16-21)24(29)20-28-19-12-14-23(28)25(26)27/h15-18,23H,2-14,19-20H2,1H3,(H3,26,27)/t23-/m1/s1. The van der Waals surface area contributed by atoms with Gasteiger partial charge >= 0.3 is 0 Å². The molecule has 3 N–H and O–H groups in total. The van der Waals surface area contributed by atoms with Crippen molar-refractivity contribution >= 4 is 11.6 Å². The summed E-state index contributed by atoms with van der Waals surface area (Å²) in [5.74, 6) is 0.311. The average Bonchev–Trinajstić information content (AvgIpc) is 3.18. The Morgan fingerprint density at radius 1 is 1.00 bits per heavy atom. The van der Waals surface area contributed by atoms with Gasteiger partial charge in [-0.1, -0.05) is 89.0 Å². The van der Waals surface area contributed by atoms with Gasteiger partial charge in [-0.2, -0.15) is 0 Å². The molecule has 0 bridgehead atoms. The third-order valence-corrected chi connectivity index (χ3v) is 6.16. The molecule has 0 radical (unpaired) electrons. The van der Waals surface area contributed by atoms with E-state index in [1.54, 1.807) is 0 Å². The molecule has 1 aromatic carbocycles. The highest BCUT2D eigenvalue weighted by molar-refractivity contribution is 5.98. The molecule has 0 unspecified atom stereocenters. The first-order valence-corrected chi connectivity index (χ1v) is 11.8. The molecule has 4 nitrogen and oxygen atoms in total. The number of nitrogens with two attached hydrogens (primary N) is 1. The van der Waals surface area contributed by atoms with Crippen molar-refractivity contribution in [1.82, 2.24) is 4.90 Å². The molecule has 29 heavy (non-hydrogen) atoms. The molecule has 162 valence electrons. The number of unbranched alkanes of at least 4 members (excludes halogenated alkanes) is 9. The van der Waals surface area contributed by atoms with E-state index in [0.717, 1.165) is 31.4 Å². The van der Waals surface area contributed by atoms with Gasteiger partial charge in [0.15, 0.2) is 5.78 Å². The maximum absolute atomic E-state index is 12.6. The number of aryl methyl sites for hydroxylation is 1. The van der Waals surface area contributed by atoms with Gasteiger partial charge in [0.25, 0.3) is 0 Å². The van der Waals surface area contributed by atoms with Gasteiger partial charge in [-0.25, -0.2) is 0 Å². The average molecular weight is 400 g/mol. The summed E-state index contributed by atoms with van der Waals surface area (Å²) in [5, 5.41) is 7.68. The van der Waals surface area contributed by atoms with E-state index in [1.165, 1.54) is 69.8 Å². The van der Waals surface area contributed by atoms with Crippen LogP contribution in [-0.4, -0.2) is 35.7 Å². The Kier molecular flexibility index (Phi) is 11.0. The van der Waals surface area contributed by atoms with E-state index in [-0.39, 0.29) is 17.7 Å². The van der Waals surface area contributed by atoms with Crippen molar-refractivity contribution in [3.8, 4) is 0 Å². The number of hydrogen-bond donors (Lipinski definition) is 2. The second-order valence-corrected chi connectivity index (χ2v) is 8.64. The van der Waals surface area contributed by atoms with Crippen LogP contribution in [0.2, 0.25) is 0 Å². The maximum atomic E-state index is 12.6. The van der Waals surface area contributed by atoms with Crippen LogP contribution in [0.15, 0.2) is 24.3 Å². The fraction of sp³-hybridized carbons (Fsp3) is 0.680. The second-order valence-electron chi connectivity index (χ2n) is 8.64. The largest absolute Gasteiger partial charge is 0.386 e. The van der Waals surface area contributed by atoms with Gasteiger partial charge < -0.3 is 5.73 Å². The summed E-state index contributed by atoms with van der Waals surface area (Å²) in [7, 11) is 0. The van der Waals surface area contributed by atoms with E-state index >= 15 is 0 Å². The third kappa shape index (κ3) is 8.69. The van der Waals surface area contributed by atoms with Gasteiger partial charge in [0, 0.05) is 5.56 Å². The number of benzene rings is 1. The lowest BCUT2D eigenvalue weighted by Gasteiger charge is -2.22. The fourth-order valence-corrected chi connectivity index (χ4v) is 4.32. The Labute approximate surface area is 177 Å². The Hall–Kier alpha value is -1.68. The molecule has 1 aliphatic heterocycles. The van der Waals surface area contributed by atoms with Crippen molar-refractivity contribution in [2.75, 3.05) is 13.1 Å². The smallest absolute Gasteiger partial charge is 0.176 e. The number of carbonyl (C=O) groups excluding carboxylic acids is 1. The van der Waals surface area contributed by atoms with Crippen molar-refractivity contribution in [3.05, 3.63) is 35.4 Å². The number of nitrogens with one attached hydrogen (secondary N) is 1. The van der Waals surface area contributed by atoms with Crippen LogP contribution in [0.1, 0.15) is 99.9 Å². The van der Waals surface area contributed by atoms with Crippen LogP contribution in [-0.2, 0) is 6.42 Å². The predicted octanol–water partition coefficient (Wildman–Crippen LogP) is 5.73. The molecular formula is C25H41N3O. The Bertz CT molecular complexity index is 611. The molecule has 1 aromatic rings. The van der Waals surface area contributed by atoms with Gasteiger partial charge in [0.05, 0.1) is 12.6 Å². The van der Waals surface area contributed by atoms with E-state index < -0.39 is 0 Å². The minimum Gasteiger partial charge on any atom is -0.386 e. The summed E-state index contributed by atoms with van der Waals surface area (Å²) in [6, 6.07) is 8.08. The summed E-state index contributed by atoms with van der Waals surface area (Å²) in [6.07, 6.45) is 16.6. The monoisotopic (exact) mass is 399 g/mol. The first-order chi connectivity index (χ1) is 14.1. The lowest BCUT2D eigenvalue weighted by molar-refractivity contribution is 0.0936. The summed E-state index contributed by atoms with van der Waals surface area (Å²) in [5.41, 5.74) is 7.75. The highest BCUT2D eigenvalue weighted by Gasteiger charge is 2.28. The first kappa shape index (κ1) is 23.6. The maximum Gasteiger partial charge on any atom is 0.176 e. The summed E-state index contributed by atoms with van der Waals surface area (Å²) in [6.45, 7) is 3.49. The number of amidine groups is 1. The van der Waals surface area contributed by atoms with Crippen LogP contribution in [0, 0.1) is 5.41 Å². The second kappa shape index (κ2) is 13.5. The predicted molar refractivity (Wildman–Crippen MR) is 123 cm³/mol. The SMILES string of the molecule is CCCCCCCCCCCCc1ccc(C(=O)CN2CCC[C@@H]2C(=N)N)cc1. The number of hydrogen-bond acceptors (Lipinski definition) is 3. The molecule has 1 fully saturated rings. The molecule has 2 rings (SSSR count).